The lowest BCUT2D eigenvalue weighted by molar-refractivity contribution is 0.335. The predicted molar refractivity (Wildman–Crippen MR) is 61.8 cm³/mol. The van der Waals surface area contributed by atoms with Gasteiger partial charge in [-0.1, -0.05) is 32.1 Å². The lowest BCUT2D eigenvalue weighted by Crippen LogP contribution is -2.15. The SMILES string of the molecule is NCCn1nnnc1CCC1CCCCC1. The maximum Gasteiger partial charge on any atom is 0.151 e. The molecule has 2 rings (SSSR count). The van der Waals surface area contributed by atoms with Crippen LogP contribution in [0.3, 0.4) is 0 Å². The number of hydrogen-bond donors (Lipinski definition) is 1. The number of aryl methyl sites for hydroxylation is 1. The van der Waals surface area contributed by atoms with Gasteiger partial charge in [0.2, 0.25) is 0 Å². The molecule has 0 aromatic carbocycles. The van der Waals surface area contributed by atoms with Crippen LogP contribution >= 0.6 is 0 Å². The van der Waals surface area contributed by atoms with E-state index < -0.39 is 0 Å². The Balaban J connectivity index is 1.81. The number of tetrazole rings is 1. The molecule has 0 amide bonds. The van der Waals surface area contributed by atoms with Crippen LogP contribution in [0.15, 0.2) is 0 Å². The van der Waals surface area contributed by atoms with Gasteiger partial charge in [-0.2, -0.15) is 0 Å². The van der Waals surface area contributed by atoms with Crippen LogP contribution in [0.1, 0.15) is 44.3 Å². The van der Waals surface area contributed by atoms with Crippen molar-refractivity contribution in [3.05, 3.63) is 5.82 Å². The van der Waals surface area contributed by atoms with E-state index in [0.29, 0.717) is 6.54 Å². The fourth-order valence-electron chi connectivity index (χ4n) is 2.51. The van der Waals surface area contributed by atoms with Gasteiger partial charge < -0.3 is 5.73 Å². The van der Waals surface area contributed by atoms with E-state index in [2.05, 4.69) is 15.5 Å². The molecule has 1 saturated carbocycles. The van der Waals surface area contributed by atoms with Crippen molar-refractivity contribution in [3.8, 4) is 0 Å². The largest absolute Gasteiger partial charge is 0.329 e. The molecule has 0 saturated heterocycles. The summed E-state index contributed by atoms with van der Waals surface area (Å²) in [6, 6.07) is 0. The van der Waals surface area contributed by atoms with Gasteiger partial charge in [0.1, 0.15) is 0 Å². The summed E-state index contributed by atoms with van der Waals surface area (Å²) in [7, 11) is 0. The van der Waals surface area contributed by atoms with E-state index in [0.717, 1.165) is 24.7 Å². The second kappa shape index (κ2) is 5.94. The van der Waals surface area contributed by atoms with Crippen molar-refractivity contribution < 1.29 is 0 Å². The Labute approximate surface area is 96.4 Å². The minimum absolute atomic E-state index is 0.599. The number of rotatable bonds is 5. The van der Waals surface area contributed by atoms with Crippen molar-refractivity contribution in [2.24, 2.45) is 11.7 Å². The van der Waals surface area contributed by atoms with Crippen LogP contribution in [0.5, 0.6) is 0 Å². The van der Waals surface area contributed by atoms with Crippen LogP contribution in [-0.4, -0.2) is 26.8 Å². The number of hydrogen-bond acceptors (Lipinski definition) is 4. The van der Waals surface area contributed by atoms with Crippen molar-refractivity contribution in [1.29, 1.82) is 0 Å². The number of aromatic nitrogens is 4. The van der Waals surface area contributed by atoms with Crippen LogP contribution in [0.4, 0.5) is 0 Å². The average Bonchev–Trinajstić information content (AvgIpc) is 2.76. The van der Waals surface area contributed by atoms with E-state index in [1.54, 1.807) is 0 Å². The molecule has 1 aromatic rings. The fraction of sp³-hybridized carbons (Fsp3) is 0.909. The summed E-state index contributed by atoms with van der Waals surface area (Å²) in [5, 5.41) is 11.7. The first-order valence-electron chi connectivity index (χ1n) is 6.35. The van der Waals surface area contributed by atoms with Gasteiger partial charge >= 0.3 is 0 Å². The van der Waals surface area contributed by atoms with Crippen LogP contribution in [0.25, 0.3) is 0 Å². The molecule has 1 aliphatic rings. The Morgan fingerprint density at radius 1 is 1.25 bits per heavy atom. The number of nitrogens with zero attached hydrogens (tertiary/aromatic N) is 4. The van der Waals surface area contributed by atoms with E-state index in [1.165, 1.54) is 38.5 Å². The number of nitrogens with two attached hydrogens (primary N) is 1. The molecule has 5 heteroatoms. The Morgan fingerprint density at radius 2 is 2.06 bits per heavy atom. The van der Waals surface area contributed by atoms with Crippen LogP contribution in [0, 0.1) is 5.92 Å². The highest BCUT2D eigenvalue weighted by atomic mass is 15.5. The highest BCUT2D eigenvalue weighted by Crippen LogP contribution is 2.27. The first kappa shape index (κ1) is 11.5. The summed E-state index contributed by atoms with van der Waals surface area (Å²) in [6.45, 7) is 1.33. The first-order valence-corrected chi connectivity index (χ1v) is 6.35. The van der Waals surface area contributed by atoms with Crippen molar-refractivity contribution in [2.75, 3.05) is 6.54 Å². The second-order valence-electron chi connectivity index (χ2n) is 4.65. The molecule has 1 aliphatic carbocycles. The minimum Gasteiger partial charge on any atom is -0.329 e. The van der Waals surface area contributed by atoms with Gasteiger partial charge in [0.05, 0.1) is 6.54 Å². The molecule has 16 heavy (non-hydrogen) atoms. The molecule has 0 atom stereocenters. The summed E-state index contributed by atoms with van der Waals surface area (Å²) in [6.07, 6.45) is 9.22. The van der Waals surface area contributed by atoms with Crippen molar-refractivity contribution in [1.82, 2.24) is 20.2 Å². The van der Waals surface area contributed by atoms with Crippen molar-refractivity contribution in [3.63, 3.8) is 0 Å². The monoisotopic (exact) mass is 223 g/mol. The van der Waals surface area contributed by atoms with Gasteiger partial charge in [0, 0.05) is 13.0 Å². The van der Waals surface area contributed by atoms with E-state index in [-0.39, 0.29) is 0 Å². The molecule has 2 N–H and O–H groups in total. The highest BCUT2D eigenvalue weighted by molar-refractivity contribution is 4.82. The van der Waals surface area contributed by atoms with Gasteiger partial charge in [0.15, 0.2) is 5.82 Å². The first-order chi connectivity index (χ1) is 7.90. The van der Waals surface area contributed by atoms with Gasteiger partial charge in [-0.05, 0) is 22.8 Å². The van der Waals surface area contributed by atoms with Crippen LogP contribution in [-0.2, 0) is 13.0 Å². The average molecular weight is 223 g/mol. The zero-order valence-electron chi connectivity index (χ0n) is 9.81. The third-order valence-electron chi connectivity index (χ3n) is 3.45. The zero-order valence-corrected chi connectivity index (χ0v) is 9.81. The topological polar surface area (TPSA) is 69.6 Å². The lowest BCUT2D eigenvalue weighted by Gasteiger charge is -2.20. The molecule has 90 valence electrons. The molecular weight excluding hydrogens is 202 g/mol. The van der Waals surface area contributed by atoms with Gasteiger partial charge in [-0.15, -0.1) is 5.10 Å². The molecule has 0 bridgehead atoms. The quantitative estimate of drug-likeness (QED) is 0.812. The third-order valence-corrected chi connectivity index (χ3v) is 3.45. The van der Waals surface area contributed by atoms with Gasteiger partial charge in [-0.25, -0.2) is 4.68 Å². The van der Waals surface area contributed by atoms with Crippen LogP contribution < -0.4 is 5.73 Å². The van der Waals surface area contributed by atoms with E-state index in [1.807, 2.05) is 4.68 Å². The van der Waals surface area contributed by atoms with Crippen molar-refractivity contribution in [2.45, 2.75) is 51.5 Å². The molecule has 1 aromatic heterocycles. The third kappa shape index (κ3) is 3.01. The maximum atomic E-state index is 5.51. The molecule has 1 heterocycles. The minimum atomic E-state index is 0.599. The molecule has 1 fully saturated rings. The van der Waals surface area contributed by atoms with E-state index in [9.17, 15) is 0 Å². The molecule has 0 spiro atoms. The smallest absolute Gasteiger partial charge is 0.151 e. The van der Waals surface area contributed by atoms with Crippen LogP contribution in [0.2, 0.25) is 0 Å². The Kier molecular flexibility index (Phi) is 4.27. The predicted octanol–water partition coefficient (Wildman–Crippen LogP) is 1.14. The summed E-state index contributed by atoms with van der Waals surface area (Å²) in [5.74, 6) is 1.88. The Hall–Kier alpha value is -0.970. The molecule has 5 nitrogen and oxygen atoms in total. The van der Waals surface area contributed by atoms with E-state index >= 15 is 0 Å². The lowest BCUT2D eigenvalue weighted by atomic mass is 9.86. The summed E-state index contributed by atoms with van der Waals surface area (Å²) in [4.78, 5) is 0. The normalized spacial score (nSPS) is 17.8. The van der Waals surface area contributed by atoms with Gasteiger partial charge in [0.25, 0.3) is 0 Å². The summed E-state index contributed by atoms with van der Waals surface area (Å²) in [5.41, 5.74) is 5.51. The zero-order chi connectivity index (χ0) is 11.2. The molecular formula is C11H21N5. The highest BCUT2D eigenvalue weighted by Gasteiger charge is 2.15. The standard InChI is InChI=1S/C11H21N5/c12-8-9-16-11(13-14-15-16)7-6-10-4-2-1-3-5-10/h10H,1-9,12H2. The van der Waals surface area contributed by atoms with Gasteiger partial charge in [-0.3, -0.25) is 0 Å². The molecule has 0 unspecified atom stereocenters. The fourth-order valence-corrected chi connectivity index (χ4v) is 2.51. The maximum absolute atomic E-state index is 5.51. The molecule has 0 radical (unpaired) electrons. The Morgan fingerprint density at radius 3 is 2.81 bits per heavy atom. The Bertz CT molecular complexity index is 303. The summed E-state index contributed by atoms with van der Waals surface area (Å²) < 4.78 is 1.84. The second-order valence-corrected chi connectivity index (χ2v) is 4.65. The van der Waals surface area contributed by atoms with Crippen molar-refractivity contribution >= 4 is 0 Å². The summed E-state index contributed by atoms with van der Waals surface area (Å²) >= 11 is 0. The molecule has 0 aliphatic heterocycles. The van der Waals surface area contributed by atoms with E-state index in [4.69, 9.17) is 5.73 Å².